The Morgan fingerprint density at radius 3 is 2.30 bits per heavy atom. The highest BCUT2D eigenvalue weighted by Gasteiger charge is 2.38. The van der Waals surface area contributed by atoms with Crippen LogP contribution in [0, 0.1) is 11.3 Å². The summed E-state index contributed by atoms with van der Waals surface area (Å²) in [5.41, 5.74) is 0.682. The van der Waals surface area contributed by atoms with Crippen LogP contribution in [-0.2, 0) is 16.8 Å². The first-order valence-corrected chi connectivity index (χ1v) is 7.89. The molecule has 1 aliphatic rings. The first-order chi connectivity index (χ1) is 10.8. The number of hydrogen-bond acceptors (Lipinski definition) is 4. The molecule has 1 N–H and O–H groups in total. The van der Waals surface area contributed by atoms with Crippen LogP contribution in [-0.4, -0.2) is 34.8 Å². The molecule has 2 rings (SSSR count). The topological polar surface area (TPSA) is 73.6 Å². The molecular weight excluding hydrogens is 292 g/mol. The number of carbonyl (C=O) groups excluding carboxylic acids is 1. The third-order valence-electron chi connectivity index (χ3n) is 4.17. The number of amides is 1. The molecule has 1 saturated heterocycles. The van der Waals surface area contributed by atoms with Crippen LogP contribution in [0.1, 0.15) is 44.7 Å². The van der Waals surface area contributed by atoms with Crippen LogP contribution >= 0.6 is 0 Å². The molecule has 0 unspecified atom stereocenters. The summed E-state index contributed by atoms with van der Waals surface area (Å²) < 4.78 is 5.39. The summed E-state index contributed by atoms with van der Waals surface area (Å²) in [6, 6.07) is 9.92. The SMILES string of the molecule is CC(C)(C)OC(=O)N1CCC(C#N)(c2ccc(CO)cc2)CC1. The van der Waals surface area contributed by atoms with Gasteiger partial charge in [-0.25, -0.2) is 4.79 Å². The van der Waals surface area contributed by atoms with Crippen LogP contribution in [0.25, 0.3) is 0 Å². The lowest BCUT2D eigenvalue weighted by molar-refractivity contribution is 0.0185. The molecular formula is C18H24N2O3. The number of hydrogen-bond donors (Lipinski definition) is 1. The van der Waals surface area contributed by atoms with Gasteiger partial charge in [0.25, 0.3) is 0 Å². The summed E-state index contributed by atoms with van der Waals surface area (Å²) in [4.78, 5) is 13.8. The molecule has 1 aliphatic heterocycles. The molecule has 1 aromatic carbocycles. The van der Waals surface area contributed by atoms with Gasteiger partial charge in [-0.2, -0.15) is 5.26 Å². The fourth-order valence-electron chi connectivity index (χ4n) is 2.79. The Morgan fingerprint density at radius 2 is 1.87 bits per heavy atom. The minimum absolute atomic E-state index is 0.00768. The number of ether oxygens (including phenoxy) is 1. The Morgan fingerprint density at radius 1 is 1.30 bits per heavy atom. The largest absolute Gasteiger partial charge is 0.444 e. The number of carbonyl (C=O) groups is 1. The second-order valence-corrected chi connectivity index (χ2v) is 7.02. The number of benzene rings is 1. The highest BCUT2D eigenvalue weighted by atomic mass is 16.6. The quantitative estimate of drug-likeness (QED) is 0.910. The van der Waals surface area contributed by atoms with Gasteiger partial charge in [0.1, 0.15) is 5.60 Å². The predicted octanol–water partition coefficient (Wildman–Crippen LogP) is 2.97. The molecule has 1 aromatic rings. The van der Waals surface area contributed by atoms with Crippen LogP contribution < -0.4 is 0 Å². The van der Waals surface area contributed by atoms with Gasteiger partial charge in [0.05, 0.1) is 18.1 Å². The van der Waals surface area contributed by atoms with Crippen molar-refractivity contribution in [3.05, 3.63) is 35.4 Å². The van der Waals surface area contributed by atoms with Crippen LogP contribution in [0.5, 0.6) is 0 Å². The van der Waals surface area contributed by atoms with Crippen LogP contribution in [0.3, 0.4) is 0 Å². The Labute approximate surface area is 137 Å². The summed E-state index contributed by atoms with van der Waals surface area (Å²) in [7, 11) is 0. The Bertz CT molecular complexity index is 588. The van der Waals surface area contributed by atoms with Crippen molar-refractivity contribution in [3.8, 4) is 6.07 Å². The van der Waals surface area contributed by atoms with Gasteiger partial charge < -0.3 is 14.7 Å². The maximum absolute atomic E-state index is 12.1. The zero-order valence-electron chi connectivity index (χ0n) is 14.0. The van der Waals surface area contributed by atoms with Crippen molar-refractivity contribution in [2.45, 2.75) is 51.2 Å². The second kappa shape index (κ2) is 6.59. The normalized spacial score (nSPS) is 17.4. The number of rotatable bonds is 2. The summed E-state index contributed by atoms with van der Waals surface area (Å²) in [5.74, 6) is 0. The molecule has 0 saturated carbocycles. The second-order valence-electron chi connectivity index (χ2n) is 7.02. The first kappa shape index (κ1) is 17.3. The van der Waals surface area contributed by atoms with Gasteiger partial charge in [-0.3, -0.25) is 0 Å². The molecule has 0 atom stereocenters. The highest BCUT2D eigenvalue weighted by Crippen LogP contribution is 2.35. The average molecular weight is 316 g/mol. The van der Waals surface area contributed by atoms with E-state index in [0.29, 0.717) is 25.9 Å². The van der Waals surface area contributed by atoms with E-state index in [1.165, 1.54) is 0 Å². The van der Waals surface area contributed by atoms with E-state index in [1.807, 2.05) is 45.0 Å². The summed E-state index contributed by atoms with van der Waals surface area (Å²) >= 11 is 0. The Balaban J connectivity index is 2.07. The third-order valence-corrected chi connectivity index (χ3v) is 4.17. The van der Waals surface area contributed by atoms with E-state index < -0.39 is 11.0 Å². The molecule has 0 radical (unpaired) electrons. The first-order valence-electron chi connectivity index (χ1n) is 7.89. The number of aliphatic hydroxyl groups is 1. The lowest BCUT2D eigenvalue weighted by Gasteiger charge is -2.38. The lowest BCUT2D eigenvalue weighted by atomic mass is 9.74. The van der Waals surface area contributed by atoms with Crippen molar-refractivity contribution in [3.63, 3.8) is 0 Å². The molecule has 1 fully saturated rings. The van der Waals surface area contributed by atoms with Gasteiger partial charge in [0.2, 0.25) is 0 Å². The number of nitriles is 1. The number of likely N-dealkylation sites (tertiary alicyclic amines) is 1. The van der Waals surface area contributed by atoms with Crippen molar-refractivity contribution in [2.24, 2.45) is 0 Å². The van der Waals surface area contributed by atoms with E-state index in [9.17, 15) is 10.1 Å². The molecule has 1 heterocycles. The van der Waals surface area contributed by atoms with Gasteiger partial charge in [0.15, 0.2) is 0 Å². The molecule has 5 heteroatoms. The standard InChI is InChI=1S/C18H24N2O3/c1-17(2,3)23-16(22)20-10-8-18(13-19,9-11-20)15-6-4-14(12-21)5-7-15/h4-7,21H,8-12H2,1-3H3. The van der Waals surface area contributed by atoms with Crippen molar-refractivity contribution in [2.75, 3.05) is 13.1 Å². The van der Waals surface area contributed by atoms with Crippen LogP contribution in [0.15, 0.2) is 24.3 Å². The third kappa shape index (κ3) is 4.02. The van der Waals surface area contributed by atoms with Crippen LogP contribution in [0.2, 0.25) is 0 Å². The minimum Gasteiger partial charge on any atom is -0.444 e. The Kier molecular flexibility index (Phi) is 4.96. The molecule has 5 nitrogen and oxygen atoms in total. The van der Waals surface area contributed by atoms with E-state index in [0.717, 1.165) is 11.1 Å². The smallest absolute Gasteiger partial charge is 0.410 e. The van der Waals surface area contributed by atoms with E-state index in [2.05, 4.69) is 6.07 Å². The van der Waals surface area contributed by atoms with E-state index in [4.69, 9.17) is 9.84 Å². The maximum atomic E-state index is 12.1. The summed E-state index contributed by atoms with van der Waals surface area (Å²) in [6.07, 6.45) is 0.849. The minimum atomic E-state index is -0.577. The summed E-state index contributed by atoms with van der Waals surface area (Å²) in [5, 5.41) is 18.8. The number of piperidine rings is 1. The molecule has 1 amide bonds. The molecule has 0 aromatic heterocycles. The fraction of sp³-hybridized carbons (Fsp3) is 0.556. The predicted molar refractivity (Wildman–Crippen MR) is 86.7 cm³/mol. The summed E-state index contributed by atoms with van der Waals surface area (Å²) in [6.45, 7) is 6.53. The number of aliphatic hydroxyl groups excluding tert-OH is 1. The van der Waals surface area contributed by atoms with Crippen LogP contribution in [0.4, 0.5) is 4.79 Å². The van der Waals surface area contributed by atoms with Crippen molar-refractivity contribution < 1.29 is 14.6 Å². The average Bonchev–Trinajstić information content (AvgIpc) is 2.53. The van der Waals surface area contributed by atoms with E-state index in [-0.39, 0.29) is 12.7 Å². The number of nitrogens with zero attached hydrogens (tertiary/aromatic N) is 2. The lowest BCUT2D eigenvalue weighted by Crippen LogP contribution is -2.46. The monoisotopic (exact) mass is 316 g/mol. The van der Waals surface area contributed by atoms with E-state index in [1.54, 1.807) is 4.90 Å². The fourth-order valence-corrected chi connectivity index (χ4v) is 2.79. The molecule has 0 spiro atoms. The van der Waals surface area contributed by atoms with E-state index >= 15 is 0 Å². The highest BCUT2D eigenvalue weighted by molar-refractivity contribution is 5.68. The molecule has 0 bridgehead atoms. The van der Waals surface area contributed by atoms with Gasteiger partial charge in [-0.1, -0.05) is 24.3 Å². The Hall–Kier alpha value is -2.06. The van der Waals surface area contributed by atoms with Gasteiger partial charge >= 0.3 is 6.09 Å². The van der Waals surface area contributed by atoms with Gasteiger partial charge in [0, 0.05) is 13.1 Å². The zero-order chi connectivity index (χ0) is 17.1. The van der Waals surface area contributed by atoms with Gasteiger partial charge in [-0.05, 0) is 44.7 Å². The molecule has 0 aliphatic carbocycles. The van der Waals surface area contributed by atoms with Gasteiger partial charge in [-0.15, -0.1) is 0 Å². The van der Waals surface area contributed by atoms with Crippen molar-refractivity contribution in [1.29, 1.82) is 5.26 Å². The maximum Gasteiger partial charge on any atom is 0.410 e. The zero-order valence-corrected chi connectivity index (χ0v) is 14.0. The molecule has 23 heavy (non-hydrogen) atoms. The van der Waals surface area contributed by atoms with Crippen molar-refractivity contribution >= 4 is 6.09 Å². The van der Waals surface area contributed by atoms with Crippen molar-refractivity contribution in [1.82, 2.24) is 4.90 Å². The molecule has 124 valence electrons.